The number of aliphatic carboxylic acids is 3. The number of unbranched alkanes of at least 4 members (excludes halogenated alkanes) is 10. The molecular formula is C47H69N5O11S2. The lowest BCUT2D eigenvalue weighted by atomic mass is 10.0. The molecule has 65 heavy (non-hydrogen) atoms. The molecule has 7 N–H and O–H groups in total. The van der Waals surface area contributed by atoms with Crippen molar-refractivity contribution < 1.29 is 53.7 Å². The van der Waals surface area contributed by atoms with E-state index in [-0.39, 0.29) is 54.6 Å². The van der Waals surface area contributed by atoms with Gasteiger partial charge in [-0.05, 0) is 44.2 Å². The smallest absolute Gasteiger partial charge is 0.320 e. The zero-order chi connectivity index (χ0) is 48.0. The van der Waals surface area contributed by atoms with Crippen molar-refractivity contribution in [3.05, 3.63) is 71.3 Å². The van der Waals surface area contributed by atoms with Gasteiger partial charge in [-0.1, -0.05) is 136 Å². The minimum absolute atomic E-state index is 0.0157. The Bertz CT molecular complexity index is 1790. The van der Waals surface area contributed by atoms with Crippen LogP contribution in [0.3, 0.4) is 0 Å². The quantitative estimate of drug-likeness (QED) is 0.0227. The number of carboxylic acid groups (broad SMARTS) is 3. The zero-order valence-corrected chi connectivity index (χ0v) is 39.7. The highest BCUT2D eigenvalue weighted by molar-refractivity contribution is 8.77. The molecule has 2 unspecified atom stereocenters. The Kier molecular flexibility index (Phi) is 27.5. The number of hydrogen-bond donors (Lipinski definition) is 7. The van der Waals surface area contributed by atoms with Crippen molar-refractivity contribution in [3.8, 4) is 0 Å². The molecule has 0 saturated carbocycles. The number of carbonyl (C=O) groups is 8. The van der Waals surface area contributed by atoms with Crippen LogP contribution in [0.25, 0.3) is 0 Å². The molecule has 16 nitrogen and oxygen atoms in total. The van der Waals surface area contributed by atoms with Crippen LogP contribution in [0.5, 0.6) is 0 Å². The lowest BCUT2D eigenvalue weighted by Crippen LogP contribution is -2.48. The average molecular weight is 944 g/mol. The van der Waals surface area contributed by atoms with Gasteiger partial charge in [-0.3, -0.25) is 43.3 Å². The summed E-state index contributed by atoms with van der Waals surface area (Å²) in [5.41, 5.74) is 1.69. The van der Waals surface area contributed by atoms with Crippen LogP contribution in [0.4, 0.5) is 0 Å². The molecule has 0 aliphatic rings. The molecule has 2 rings (SSSR count). The molecule has 0 heterocycles. The first-order valence-corrected chi connectivity index (χ1v) is 24.8. The van der Waals surface area contributed by atoms with Crippen LogP contribution in [0.15, 0.2) is 54.6 Å². The summed E-state index contributed by atoms with van der Waals surface area (Å²) in [7, 11) is 3.10. The van der Waals surface area contributed by atoms with E-state index in [0.717, 1.165) is 69.1 Å². The van der Waals surface area contributed by atoms with Crippen LogP contribution in [0.2, 0.25) is 0 Å². The fourth-order valence-corrected chi connectivity index (χ4v) is 9.12. The fraction of sp³-hybridized carbons (Fsp3) is 0.574. The van der Waals surface area contributed by atoms with Gasteiger partial charge in [0.1, 0.15) is 12.1 Å². The van der Waals surface area contributed by atoms with Crippen molar-refractivity contribution in [2.75, 3.05) is 38.5 Å². The molecule has 0 bridgehead atoms. The summed E-state index contributed by atoms with van der Waals surface area (Å²) in [6.07, 6.45) is 10.8. The molecule has 360 valence electrons. The Morgan fingerprint density at radius 3 is 1.60 bits per heavy atom. The Morgan fingerprint density at radius 2 is 1.06 bits per heavy atom. The summed E-state index contributed by atoms with van der Waals surface area (Å²) in [6.45, 7) is 5.97. The molecular weight excluding hydrogens is 875 g/mol. The lowest BCUT2D eigenvalue weighted by Gasteiger charge is -2.25. The summed E-state index contributed by atoms with van der Waals surface area (Å²) in [4.78, 5) is 98.3. The highest BCUT2D eigenvalue weighted by Crippen LogP contribution is 2.35. The minimum Gasteiger partial charge on any atom is -0.480 e. The van der Waals surface area contributed by atoms with Crippen LogP contribution in [0, 0.1) is 0 Å². The van der Waals surface area contributed by atoms with Crippen molar-refractivity contribution in [3.63, 3.8) is 0 Å². The highest BCUT2D eigenvalue weighted by atomic mass is 33.1. The number of nitrogens with one attached hydrogen (secondary N) is 4. The van der Waals surface area contributed by atoms with Crippen molar-refractivity contribution in [1.82, 2.24) is 26.2 Å². The van der Waals surface area contributed by atoms with Gasteiger partial charge in [0.05, 0.1) is 13.1 Å². The second kappa shape index (κ2) is 31.9. The maximum Gasteiger partial charge on any atom is 0.320 e. The predicted octanol–water partition coefficient (Wildman–Crippen LogP) is 6.32. The van der Waals surface area contributed by atoms with E-state index in [1.165, 1.54) is 10.8 Å². The van der Waals surface area contributed by atoms with Crippen LogP contribution in [-0.4, -0.2) is 123 Å². The van der Waals surface area contributed by atoms with E-state index in [1.54, 1.807) is 47.2 Å². The maximum atomic E-state index is 13.1. The van der Waals surface area contributed by atoms with Gasteiger partial charge >= 0.3 is 17.9 Å². The molecule has 0 fully saturated rings. The normalized spacial score (nSPS) is 12.2. The van der Waals surface area contributed by atoms with Gasteiger partial charge in [-0.2, -0.15) is 0 Å². The first-order chi connectivity index (χ1) is 31.0. The monoisotopic (exact) mass is 943 g/mol. The summed E-state index contributed by atoms with van der Waals surface area (Å²) >= 11 is 0. The lowest BCUT2D eigenvalue weighted by molar-refractivity contribution is -0.149. The van der Waals surface area contributed by atoms with E-state index in [0.29, 0.717) is 42.0 Å². The van der Waals surface area contributed by atoms with E-state index in [2.05, 4.69) is 42.0 Å². The molecule has 0 saturated heterocycles. The third-order valence-electron chi connectivity index (χ3n) is 10.0. The Labute approximate surface area is 391 Å². The number of amides is 4. The van der Waals surface area contributed by atoms with Crippen LogP contribution < -0.4 is 21.3 Å². The summed E-state index contributed by atoms with van der Waals surface area (Å²) in [6, 6.07) is 13.7. The first kappa shape index (κ1) is 56.2. The van der Waals surface area contributed by atoms with Crippen molar-refractivity contribution in [2.45, 2.75) is 134 Å². The van der Waals surface area contributed by atoms with Gasteiger partial charge in [0, 0.05) is 59.7 Å². The SMILES string of the molecule is CC(C)(C)SSCC(NC(=O)CCC(=O)NCCCCC(C(=O)O)N(CC(=O)O)CC(=O)O)C(=O)NCCCCCCCCCCCCNC(=O)c1ccc(C(=O)c2ccccc2)cc1. The van der Waals surface area contributed by atoms with Gasteiger partial charge < -0.3 is 36.6 Å². The first-order valence-electron chi connectivity index (χ1n) is 22.5. The molecule has 0 aliphatic carbocycles. The summed E-state index contributed by atoms with van der Waals surface area (Å²) in [5, 5.41) is 39.0. The van der Waals surface area contributed by atoms with E-state index < -0.39 is 54.9 Å². The van der Waals surface area contributed by atoms with E-state index in [4.69, 9.17) is 10.2 Å². The van der Waals surface area contributed by atoms with Crippen molar-refractivity contribution in [1.29, 1.82) is 0 Å². The maximum absolute atomic E-state index is 13.1. The van der Waals surface area contributed by atoms with Crippen molar-refractivity contribution >= 4 is 68.9 Å². The van der Waals surface area contributed by atoms with Gasteiger partial charge in [-0.25, -0.2) is 0 Å². The fourth-order valence-electron chi connectivity index (χ4n) is 6.65. The molecule has 2 aromatic rings. The second-order valence-electron chi connectivity index (χ2n) is 16.8. The number of nitrogens with zero attached hydrogens (tertiary/aromatic N) is 1. The Morgan fingerprint density at radius 1 is 0.585 bits per heavy atom. The number of rotatable bonds is 35. The Balaban J connectivity index is 1.58. The number of ketones is 1. The number of carboxylic acids is 3. The van der Waals surface area contributed by atoms with Crippen molar-refractivity contribution in [2.24, 2.45) is 0 Å². The van der Waals surface area contributed by atoms with Crippen LogP contribution >= 0.6 is 21.6 Å². The van der Waals surface area contributed by atoms with Gasteiger partial charge in [0.25, 0.3) is 5.91 Å². The van der Waals surface area contributed by atoms with Gasteiger partial charge in [-0.15, -0.1) is 0 Å². The standard InChI is InChI=1S/C47H69N5O11S2/c1-47(2,3)65-64-33-37(51-40(54)27-26-39(53)48-28-18-15-21-38(46(62)63)52(31-41(55)56)32-42(57)58)45(61)50-30-17-11-9-7-5-4-6-8-10-16-29-49-44(60)36-24-22-35(23-25-36)43(59)34-19-13-12-14-20-34/h12-14,19-20,22-25,37-38H,4-11,15-18,21,26-33H2,1-3H3,(H,48,53)(H,49,60)(H,50,61)(H,51,54)(H,55,56)(H,57,58)(H,62,63). The summed E-state index contributed by atoms with van der Waals surface area (Å²) < 4.78 is -0.0543. The predicted molar refractivity (Wildman–Crippen MR) is 254 cm³/mol. The molecule has 0 spiro atoms. The number of hydrogen-bond acceptors (Lipinski definition) is 11. The van der Waals surface area contributed by atoms with Crippen LogP contribution in [0.1, 0.15) is 143 Å². The van der Waals surface area contributed by atoms with E-state index >= 15 is 0 Å². The molecule has 0 aliphatic heterocycles. The van der Waals surface area contributed by atoms with Crippen LogP contribution in [-0.2, 0) is 28.8 Å². The van der Waals surface area contributed by atoms with Gasteiger partial charge in [0.15, 0.2) is 5.78 Å². The molecule has 4 amide bonds. The zero-order valence-electron chi connectivity index (χ0n) is 38.1. The molecule has 0 aromatic heterocycles. The van der Waals surface area contributed by atoms with Gasteiger partial charge in [0.2, 0.25) is 17.7 Å². The number of carbonyl (C=O) groups excluding carboxylic acids is 5. The number of benzene rings is 2. The molecule has 2 atom stereocenters. The largest absolute Gasteiger partial charge is 0.480 e. The molecule has 0 radical (unpaired) electrons. The van der Waals surface area contributed by atoms with E-state index in [9.17, 15) is 43.5 Å². The average Bonchev–Trinajstić information content (AvgIpc) is 3.25. The highest BCUT2D eigenvalue weighted by Gasteiger charge is 2.29. The minimum atomic E-state index is -1.35. The topological polar surface area (TPSA) is 249 Å². The molecule has 2 aromatic carbocycles. The summed E-state index contributed by atoms with van der Waals surface area (Å²) in [5.74, 6) is -5.02. The third kappa shape index (κ3) is 26.0. The second-order valence-corrected chi connectivity index (χ2v) is 20.0. The molecule has 18 heteroatoms. The van der Waals surface area contributed by atoms with E-state index in [1.807, 2.05) is 18.2 Å². The Hall–Kier alpha value is -4.94. The third-order valence-corrected chi connectivity index (χ3v) is 13.4.